The van der Waals surface area contributed by atoms with E-state index >= 15 is 0 Å². The second-order valence-corrected chi connectivity index (χ2v) is 16.5. The fourth-order valence-electron chi connectivity index (χ4n) is 10.1. The highest BCUT2D eigenvalue weighted by Gasteiger charge is 2.22. The van der Waals surface area contributed by atoms with Crippen molar-refractivity contribution in [1.82, 2.24) is 4.57 Å². The molecule has 13 aromatic rings. The summed E-state index contributed by atoms with van der Waals surface area (Å²) in [5.41, 5.74) is 13.1. The van der Waals surface area contributed by atoms with Crippen LogP contribution in [0, 0.1) is 0 Å². The van der Waals surface area contributed by atoms with Gasteiger partial charge >= 0.3 is 0 Å². The third-order valence-electron chi connectivity index (χ3n) is 13.0. The summed E-state index contributed by atoms with van der Waals surface area (Å²) in [6, 6.07) is 83.5. The van der Waals surface area contributed by atoms with E-state index in [4.69, 9.17) is 4.42 Å². The molecule has 0 amide bonds. The molecule has 0 bridgehead atoms. The number of hydrogen-bond donors (Lipinski definition) is 0. The zero-order valence-electron chi connectivity index (χ0n) is 34.2. The maximum atomic E-state index is 6.71. The standard InChI is InChI=1S/C60H38N2O/c1-3-17-47-40(13-1)27-28-43-37-42(32-35-48(43)47)39-29-33-44(34-30-39)61(45-15-11-16-46(38-45)62-56-24-9-5-19-50(56)51-20-6-10-25-57(51)62)55-23-8-7-21-52(55)53-22-12-26-58-59(53)54-36-31-41-14-2-4-18-49(41)60(54)63-58/h1-38H. The second kappa shape index (κ2) is 14.1. The molecule has 0 saturated carbocycles. The van der Waals surface area contributed by atoms with Crippen LogP contribution in [0.25, 0.3) is 104 Å². The van der Waals surface area contributed by atoms with Crippen LogP contribution >= 0.6 is 0 Å². The summed E-state index contributed by atoms with van der Waals surface area (Å²) in [5, 5.41) is 12.0. The maximum absolute atomic E-state index is 6.71. The molecule has 2 aromatic heterocycles. The van der Waals surface area contributed by atoms with Crippen molar-refractivity contribution in [3.63, 3.8) is 0 Å². The highest BCUT2D eigenvalue weighted by atomic mass is 16.3. The minimum Gasteiger partial charge on any atom is -0.455 e. The van der Waals surface area contributed by atoms with E-state index < -0.39 is 0 Å². The Balaban J connectivity index is 1.01. The van der Waals surface area contributed by atoms with E-state index in [1.807, 2.05) is 0 Å². The maximum Gasteiger partial charge on any atom is 0.143 e. The molecule has 0 unspecified atom stereocenters. The van der Waals surface area contributed by atoms with Gasteiger partial charge in [-0.25, -0.2) is 0 Å². The lowest BCUT2D eigenvalue weighted by atomic mass is 9.95. The summed E-state index contributed by atoms with van der Waals surface area (Å²) in [5.74, 6) is 0. The minimum absolute atomic E-state index is 0.876. The molecule has 63 heavy (non-hydrogen) atoms. The molecule has 0 radical (unpaired) electrons. The first-order valence-electron chi connectivity index (χ1n) is 21.6. The summed E-state index contributed by atoms with van der Waals surface area (Å²) < 4.78 is 9.11. The molecule has 3 heteroatoms. The molecule has 294 valence electrons. The molecule has 0 atom stereocenters. The van der Waals surface area contributed by atoms with E-state index in [0.717, 1.165) is 61.2 Å². The molecule has 0 aliphatic carbocycles. The number of hydrogen-bond acceptors (Lipinski definition) is 2. The number of para-hydroxylation sites is 3. The van der Waals surface area contributed by atoms with E-state index in [2.05, 4.69) is 240 Å². The Morgan fingerprint density at radius 3 is 1.75 bits per heavy atom. The van der Waals surface area contributed by atoms with Crippen LogP contribution in [0.1, 0.15) is 0 Å². The predicted molar refractivity (Wildman–Crippen MR) is 266 cm³/mol. The number of fused-ring (bicyclic) bond motifs is 11. The smallest absolute Gasteiger partial charge is 0.143 e. The van der Waals surface area contributed by atoms with E-state index in [1.165, 1.54) is 59.9 Å². The van der Waals surface area contributed by atoms with Crippen LogP contribution in [0.15, 0.2) is 235 Å². The van der Waals surface area contributed by atoms with Gasteiger partial charge in [-0.05, 0) is 110 Å². The van der Waals surface area contributed by atoms with Crippen molar-refractivity contribution < 1.29 is 4.42 Å². The van der Waals surface area contributed by atoms with Gasteiger partial charge in [0.05, 0.1) is 16.7 Å². The van der Waals surface area contributed by atoms with Crippen LogP contribution in [0.4, 0.5) is 17.1 Å². The van der Waals surface area contributed by atoms with Crippen molar-refractivity contribution in [3.05, 3.63) is 231 Å². The zero-order chi connectivity index (χ0) is 41.4. The normalized spacial score (nSPS) is 11.8. The second-order valence-electron chi connectivity index (χ2n) is 16.5. The van der Waals surface area contributed by atoms with Gasteiger partial charge in [0.1, 0.15) is 11.2 Å². The molecule has 3 nitrogen and oxygen atoms in total. The van der Waals surface area contributed by atoms with Gasteiger partial charge in [0.15, 0.2) is 0 Å². The first kappa shape index (κ1) is 35.4. The van der Waals surface area contributed by atoms with Crippen molar-refractivity contribution >= 4 is 93.1 Å². The summed E-state index contributed by atoms with van der Waals surface area (Å²) in [6.45, 7) is 0. The Morgan fingerprint density at radius 1 is 0.349 bits per heavy atom. The van der Waals surface area contributed by atoms with Gasteiger partial charge < -0.3 is 13.9 Å². The van der Waals surface area contributed by atoms with Crippen molar-refractivity contribution in [1.29, 1.82) is 0 Å². The van der Waals surface area contributed by atoms with Gasteiger partial charge in [-0.1, -0.05) is 164 Å². The van der Waals surface area contributed by atoms with Crippen LogP contribution in [0.5, 0.6) is 0 Å². The van der Waals surface area contributed by atoms with Gasteiger partial charge in [-0.2, -0.15) is 0 Å². The number of rotatable bonds is 6. The Hall–Kier alpha value is -8.40. The van der Waals surface area contributed by atoms with Gasteiger partial charge in [0.2, 0.25) is 0 Å². The van der Waals surface area contributed by atoms with Crippen molar-refractivity contribution in [2.45, 2.75) is 0 Å². The number of aromatic nitrogens is 1. The van der Waals surface area contributed by atoms with Crippen LogP contribution in [0.3, 0.4) is 0 Å². The van der Waals surface area contributed by atoms with E-state index in [0.29, 0.717) is 0 Å². The van der Waals surface area contributed by atoms with Crippen molar-refractivity contribution in [3.8, 4) is 27.9 Å². The molecule has 0 N–H and O–H groups in total. The Kier molecular flexibility index (Phi) is 7.91. The van der Waals surface area contributed by atoms with E-state index in [1.54, 1.807) is 0 Å². The summed E-state index contributed by atoms with van der Waals surface area (Å²) in [4.78, 5) is 2.42. The molecule has 0 fully saturated rings. The van der Waals surface area contributed by atoms with Crippen LogP contribution in [0.2, 0.25) is 0 Å². The SMILES string of the molecule is c1cc(N(c2ccc(-c3ccc4c(ccc5ccccc54)c3)cc2)c2ccccc2-c2cccc3oc4c5ccccc5ccc4c23)cc(-n2c3ccccc3c3ccccc32)c1. The highest BCUT2D eigenvalue weighted by molar-refractivity contribution is 6.20. The summed E-state index contributed by atoms with van der Waals surface area (Å²) >= 11 is 0. The lowest BCUT2D eigenvalue weighted by Crippen LogP contribution is -2.12. The molecule has 0 saturated heterocycles. The molecular weight excluding hydrogens is 765 g/mol. The molecule has 0 aliphatic rings. The van der Waals surface area contributed by atoms with E-state index in [-0.39, 0.29) is 0 Å². The van der Waals surface area contributed by atoms with Gasteiger partial charge in [-0.15, -0.1) is 0 Å². The lowest BCUT2D eigenvalue weighted by molar-refractivity contribution is 0.673. The molecule has 11 aromatic carbocycles. The van der Waals surface area contributed by atoms with E-state index in [9.17, 15) is 0 Å². The average Bonchev–Trinajstić information content (AvgIpc) is 3.91. The Morgan fingerprint density at radius 2 is 0.937 bits per heavy atom. The van der Waals surface area contributed by atoms with Crippen molar-refractivity contribution in [2.75, 3.05) is 4.90 Å². The Labute approximate surface area is 363 Å². The highest BCUT2D eigenvalue weighted by Crippen LogP contribution is 2.46. The zero-order valence-corrected chi connectivity index (χ0v) is 34.2. The van der Waals surface area contributed by atoms with Crippen LogP contribution < -0.4 is 4.90 Å². The average molecular weight is 803 g/mol. The number of anilines is 3. The van der Waals surface area contributed by atoms with Crippen LogP contribution in [-0.4, -0.2) is 4.57 Å². The molecule has 0 aliphatic heterocycles. The fourth-order valence-corrected chi connectivity index (χ4v) is 10.1. The van der Waals surface area contributed by atoms with Gasteiger partial charge in [0, 0.05) is 49.6 Å². The monoisotopic (exact) mass is 802 g/mol. The largest absolute Gasteiger partial charge is 0.455 e. The first-order chi connectivity index (χ1) is 31.2. The third kappa shape index (κ3) is 5.60. The summed E-state index contributed by atoms with van der Waals surface area (Å²) in [6.07, 6.45) is 0. The Bertz CT molecular complexity index is 3870. The third-order valence-corrected chi connectivity index (χ3v) is 13.0. The molecule has 2 heterocycles. The van der Waals surface area contributed by atoms with Gasteiger partial charge in [0.25, 0.3) is 0 Å². The molecular formula is C60H38N2O. The molecule has 0 spiro atoms. The molecule has 13 rings (SSSR count). The predicted octanol–water partition coefficient (Wildman–Crippen LogP) is 16.9. The number of furan rings is 1. The minimum atomic E-state index is 0.876. The number of nitrogens with zero attached hydrogens (tertiary/aromatic N) is 2. The number of benzene rings is 11. The lowest BCUT2D eigenvalue weighted by Gasteiger charge is -2.29. The van der Waals surface area contributed by atoms with Crippen LogP contribution in [-0.2, 0) is 0 Å². The summed E-state index contributed by atoms with van der Waals surface area (Å²) in [7, 11) is 0. The quantitative estimate of drug-likeness (QED) is 0.156. The topological polar surface area (TPSA) is 21.3 Å². The first-order valence-corrected chi connectivity index (χ1v) is 21.6. The van der Waals surface area contributed by atoms with Gasteiger partial charge in [-0.3, -0.25) is 0 Å². The van der Waals surface area contributed by atoms with Crippen molar-refractivity contribution in [2.24, 2.45) is 0 Å². The fraction of sp³-hybridized carbons (Fsp3) is 0.